The Labute approximate surface area is 82.6 Å². The summed E-state index contributed by atoms with van der Waals surface area (Å²) in [6.07, 6.45) is 0. The second-order valence-corrected chi connectivity index (χ2v) is 3.21. The van der Waals surface area contributed by atoms with Crippen molar-refractivity contribution in [2.45, 2.75) is 26.8 Å². The maximum absolute atomic E-state index is 10.9. The van der Waals surface area contributed by atoms with E-state index < -0.39 is 6.03 Å². The first kappa shape index (κ1) is 10.6. The second-order valence-electron chi connectivity index (χ2n) is 3.21. The second kappa shape index (κ2) is 4.15. The van der Waals surface area contributed by atoms with Crippen LogP contribution < -0.4 is 16.6 Å². The number of aryl methyl sites for hydroxylation is 2. The van der Waals surface area contributed by atoms with Crippen LogP contribution in [0.4, 0.5) is 4.79 Å². The minimum Gasteiger partial charge on any atom is -0.466 e. The van der Waals surface area contributed by atoms with Crippen LogP contribution in [-0.4, -0.2) is 6.03 Å². The number of hydrazine groups is 1. The van der Waals surface area contributed by atoms with Crippen molar-refractivity contribution in [3.63, 3.8) is 0 Å². The van der Waals surface area contributed by atoms with E-state index in [1.807, 2.05) is 32.3 Å². The van der Waals surface area contributed by atoms with Crippen LogP contribution in [0.1, 0.15) is 30.0 Å². The van der Waals surface area contributed by atoms with Crippen LogP contribution in [0.5, 0.6) is 0 Å². The molecule has 0 aromatic carbocycles. The Bertz CT molecular complexity index is 333. The molecule has 78 valence electrons. The van der Waals surface area contributed by atoms with Gasteiger partial charge in [-0.3, -0.25) is 5.43 Å². The van der Waals surface area contributed by atoms with Gasteiger partial charge in [0.15, 0.2) is 0 Å². The summed E-state index contributed by atoms with van der Waals surface area (Å²) in [5.74, 6) is 6.60. The van der Waals surface area contributed by atoms with Gasteiger partial charge in [0.05, 0.1) is 6.04 Å². The van der Waals surface area contributed by atoms with Crippen LogP contribution in [0.25, 0.3) is 0 Å². The fourth-order valence-corrected chi connectivity index (χ4v) is 1.40. The number of furan rings is 1. The number of nitrogens with two attached hydrogens (primary N) is 1. The molecule has 0 aliphatic carbocycles. The zero-order valence-corrected chi connectivity index (χ0v) is 8.55. The Hall–Kier alpha value is -1.49. The molecule has 1 rings (SSSR count). The lowest BCUT2D eigenvalue weighted by molar-refractivity contribution is 0.238. The van der Waals surface area contributed by atoms with Crippen LogP contribution in [-0.2, 0) is 0 Å². The smallest absolute Gasteiger partial charge is 0.329 e. The molecule has 0 bridgehead atoms. The number of carbonyl (C=O) groups is 1. The molecule has 0 saturated heterocycles. The van der Waals surface area contributed by atoms with Gasteiger partial charge in [-0.2, -0.15) is 0 Å². The number of hydrogen-bond donors (Lipinski definition) is 3. The zero-order valence-electron chi connectivity index (χ0n) is 8.55. The molecule has 1 heterocycles. The van der Waals surface area contributed by atoms with E-state index in [-0.39, 0.29) is 6.04 Å². The Morgan fingerprint density at radius 2 is 2.21 bits per heavy atom. The highest BCUT2D eigenvalue weighted by Gasteiger charge is 2.13. The monoisotopic (exact) mass is 197 g/mol. The van der Waals surface area contributed by atoms with Crippen molar-refractivity contribution < 1.29 is 9.21 Å². The summed E-state index contributed by atoms with van der Waals surface area (Å²) in [4.78, 5) is 10.9. The molecule has 4 N–H and O–H groups in total. The molecule has 0 aliphatic rings. The van der Waals surface area contributed by atoms with Gasteiger partial charge in [0.25, 0.3) is 0 Å². The van der Waals surface area contributed by atoms with Crippen molar-refractivity contribution in [3.8, 4) is 0 Å². The van der Waals surface area contributed by atoms with Crippen LogP contribution in [0.2, 0.25) is 0 Å². The largest absolute Gasteiger partial charge is 0.466 e. The first-order chi connectivity index (χ1) is 6.54. The van der Waals surface area contributed by atoms with Crippen molar-refractivity contribution >= 4 is 6.03 Å². The van der Waals surface area contributed by atoms with E-state index in [0.717, 1.165) is 17.1 Å². The number of amides is 2. The third-order valence-corrected chi connectivity index (χ3v) is 2.02. The topological polar surface area (TPSA) is 80.3 Å². The van der Waals surface area contributed by atoms with Crippen molar-refractivity contribution in [3.05, 3.63) is 23.2 Å². The van der Waals surface area contributed by atoms with Gasteiger partial charge >= 0.3 is 6.03 Å². The normalized spacial score (nSPS) is 12.3. The summed E-state index contributed by atoms with van der Waals surface area (Å²) in [5, 5.41) is 2.66. The Morgan fingerprint density at radius 1 is 1.57 bits per heavy atom. The van der Waals surface area contributed by atoms with E-state index in [1.165, 1.54) is 0 Å². The predicted octanol–water partition coefficient (Wildman–Crippen LogP) is 1.13. The van der Waals surface area contributed by atoms with Gasteiger partial charge < -0.3 is 9.73 Å². The Kier molecular flexibility index (Phi) is 3.14. The van der Waals surface area contributed by atoms with Gasteiger partial charge in [-0.05, 0) is 26.8 Å². The highest BCUT2D eigenvalue weighted by atomic mass is 16.3. The van der Waals surface area contributed by atoms with Crippen LogP contribution in [0, 0.1) is 13.8 Å². The molecular weight excluding hydrogens is 182 g/mol. The van der Waals surface area contributed by atoms with E-state index in [0.29, 0.717) is 0 Å². The Balaban J connectivity index is 2.73. The van der Waals surface area contributed by atoms with Crippen LogP contribution in [0.3, 0.4) is 0 Å². The minimum absolute atomic E-state index is 0.115. The maximum atomic E-state index is 10.9. The molecule has 2 amide bonds. The highest BCUT2D eigenvalue weighted by Crippen LogP contribution is 2.20. The number of urea groups is 1. The summed E-state index contributed by atoms with van der Waals surface area (Å²) >= 11 is 0. The molecule has 0 spiro atoms. The quantitative estimate of drug-likeness (QED) is 0.377. The lowest BCUT2D eigenvalue weighted by Gasteiger charge is -2.11. The van der Waals surface area contributed by atoms with E-state index >= 15 is 0 Å². The summed E-state index contributed by atoms with van der Waals surface area (Å²) in [6, 6.07) is 1.38. The van der Waals surface area contributed by atoms with Crippen LogP contribution >= 0.6 is 0 Å². The summed E-state index contributed by atoms with van der Waals surface area (Å²) in [6.45, 7) is 5.60. The SMILES string of the molecule is Cc1cc(C(C)NC(=O)NN)c(C)o1. The van der Waals surface area contributed by atoms with Gasteiger partial charge in [-0.25, -0.2) is 10.6 Å². The fourth-order valence-electron chi connectivity index (χ4n) is 1.40. The molecule has 0 saturated carbocycles. The van der Waals surface area contributed by atoms with Crippen molar-refractivity contribution in [1.82, 2.24) is 10.7 Å². The van der Waals surface area contributed by atoms with Gasteiger partial charge in [-0.15, -0.1) is 0 Å². The predicted molar refractivity (Wildman–Crippen MR) is 52.5 cm³/mol. The number of nitrogens with one attached hydrogen (secondary N) is 2. The minimum atomic E-state index is -0.407. The van der Waals surface area contributed by atoms with Crippen molar-refractivity contribution in [1.29, 1.82) is 0 Å². The molecule has 14 heavy (non-hydrogen) atoms. The fraction of sp³-hybridized carbons (Fsp3) is 0.444. The molecule has 0 fully saturated rings. The van der Waals surface area contributed by atoms with Crippen molar-refractivity contribution in [2.24, 2.45) is 5.84 Å². The summed E-state index contributed by atoms with van der Waals surface area (Å²) < 4.78 is 5.35. The van der Waals surface area contributed by atoms with Gasteiger partial charge in [0, 0.05) is 5.56 Å². The molecule has 1 unspecified atom stereocenters. The van der Waals surface area contributed by atoms with Gasteiger partial charge in [-0.1, -0.05) is 0 Å². The summed E-state index contributed by atoms with van der Waals surface area (Å²) in [5.41, 5.74) is 2.98. The number of hydrogen-bond acceptors (Lipinski definition) is 3. The highest BCUT2D eigenvalue weighted by molar-refractivity contribution is 5.73. The molecule has 0 radical (unpaired) electrons. The van der Waals surface area contributed by atoms with E-state index in [1.54, 1.807) is 0 Å². The van der Waals surface area contributed by atoms with E-state index in [9.17, 15) is 4.79 Å². The van der Waals surface area contributed by atoms with E-state index in [2.05, 4.69) is 5.32 Å². The first-order valence-corrected chi connectivity index (χ1v) is 4.38. The third kappa shape index (κ3) is 2.26. The molecule has 1 aromatic heterocycles. The average Bonchev–Trinajstić information content (AvgIpc) is 2.45. The third-order valence-electron chi connectivity index (χ3n) is 2.02. The number of rotatable bonds is 2. The molecule has 1 aromatic rings. The Morgan fingerprint density at radius 3 is 2.64 bits per heavy atom. The molecule has 5 heteroatoms. The van der Waals surface area contributed by atoms with E-state index in [4.69, 9.17) is 10.3 Å². The molecule has 0 aliphatic heterocycles. The maximum Gasteiger partial charge on any atom is 0.329 e. The first-order valence-electron chi connectivity index (χ1n) is 4.38. The van der Waals surface area contributed by atoms with Crippen molar-refractivity contribution in [2.75, 3.05) is 0 Å². The molecular formula is C9H15N3O2. The lowest BCUT2D eigenvalue weighted by atomic mass is 10.1. The summed E-state index contributed by atoms with van der Waals surface area (Å²) in [7, 11) is 0. The molecule has 5 nitrogen and oxygen atoms in total. The molecule has 1 atom stereocenters. The zero-order chi connectivity index (χ0) is 10.7. The van der Waals surface area contributed by atoms with Gasteiger partial charge in [0.2, 0.25) is 0 Å². The average molecular weight is 197 g/mol. The van der Waals surface area contributed by atoms with Gasteiger partial charge in [0.1, 0.15) is 11.5 Å². The van der Waals surface area contributed by atoms with Crippen LogP contribution in [0.15, 0.2) is 10.5 Å². The lowest BCUT2D eigenvalue weighted by Crippen LogP contribution is -2.41. The number of carbonyl (C=O) groups excluding carboxylic acids is 1. The standard InChI is InChI=1S/C9H15N3O2/c1-5-4-8(7(3)14-5)6(2)11-9(13)12-10/h4,6H,10H2,1-3H3,(H2,11,12,13).